The van der Waals surface area contributed by atoms with Gasteiger partial charge in [-0.25, -0.2) is 4.98 Å². The minimum atomic E-state index is -0.310. The molecule has 38 heavy (non-hydrogen) atoms. The number of hydrogen-bond donors (Lipinski definition) is 3. The summed E-state index contributed by atoms with van der Waals surface area (Å²) in [6.07, 6.45) is 1.22. The van der Waals surface area contributed by atoms with Crippen molar-refractivity contribution in [3.05, 3.63) is 95.5 Å². The van der Waals surface area contributed by atoms with Crippen LogP contribution in [0.2, 0.25) is 5.02 Å². The number of hydrogen-bond acceptors (Lipinski definition) is 4. The molecule has 0 aliphatic heterocycles. The molecule has 0 fully saturated rings. The van der Waals surface area contributed by atoms with Crippen LogP contribution in [0, 0.1) is 5.41 Å². The largest absolute Gasteiger partial charge is 0.322 e. The highest BCUT2D eigenvalue weighted by Crippen LogP contribution is 2.28. The summed E-state index contributed by atoms with van der Waals surface area (Å²) in [5, 5.41) is 9.86. The number of amides is 2. The number of fused-ring (bicyclic) bond motifs is 1. The molecule has 0 bridgehead atoms. The summed E-state index contributed by atoms with van der Waals surface area (Å²) in [4.78, 5) is 29.8. The number of aromatic nitrogens is 2. The van der Waals surface area contributed by atoms with E-state index in [1.807, 2.05) is 34.9 Å². The fourth-order valence-electron chi connectivity index (χ4n) is 3.85. The fourth-order valence-corrected chi connectivity index (χ4v) is 3.98. The highest BCUT2D eigenvalue weighted by molar-refractivity contribution is 6.30. The number of imidazole rings is 1. The molecule has 2 amide bonds. The SMILES string of the molecule is C=CC(=O)Nc1cccc(-n2c(NC(=O)c3ccc(Cl)cc3)nc3cc(CN[C@@H](C)C(C)(C)C)ccc32)c1. The maximum absolute atomic E-state index is 13.1. The van der Waals surface area contributed by atoms with Crippen molar-refractivity contribution in [2.24, 2.45) is 5.41 Å². The highest BCUT2D eigenvalue weighted by Gasteiger charge is 2.20. The lowest BCUT2D eigenvalue weighted by Crippen LogP contribution is -2.37. The molecule has 1 atom stereocenters. The van der Waals surface area contributed by atoms with Gasteiger partial charge in [-0.3, -0.25) is 19.5 Å². The minimum absolute atomic E-state index is 0.136. The van der Waals surface area contributed by atoms with Gasteiger partial charge in [-0.1, -0.05) is 51.1 Å². The van der Waals surface area contributed by atoms with Crippen LogP contribution in [0.25, 0.3) is 16.7 Å². The third-order valence-corrected chi connectivity index (χ3v) is 6.77. The van der Waals surface area contributed by atoms with E-state index in [1.54, 1.807) is 30.3 Å². The topological polar surface area (TPSA) is 88.1 Å². The maximum Gasteiger partial charge on any atom is 0.257 e. The van der Waals surface area contributed by atoms with Crippen LogP contribution in [0.3, 0.4) is 0 Å². The third kappa shape index (κ3) is 6.30. The number of carbonyl (C=O) groups excluding carboxylic acids is 2. The highest BCUT2D eigenvalue weighted by atomic mass is 35.5. The predicted octanol–water partition coefficient (Wildman–Crippen LogP) is 6.58. The van der Waals surface area contributed by atoms with Crippen LogP contribution in [-0.2, 0) is 11.3 Å². The number of rotatable bonds is 8. The molecule has 3 N–H and O–H groups in total. The molecule has 0 unspecified atom stereocenters. The van der Waals surface area contributed by atoms with Crippen LogP contribution in [0.4, 0.5) is 11.6 Å². The summed E-state index contributed by atoms with van der Waals surface area (Å²) in [5.74, 6) is -0.258. The predicted molar refractivity (Wildman–Crippen MR) is 155 cm³/mol. The molecule has 1 heterocycles. The van der Waals surface area contributed by atoms with E-state index in [0.717, 1.165) is 22.3 Å². The molecule has 196 valence electrons. The molecule has 3 aromatic carbocycles. The summed E-state index contributed by atoms with van der Waals surface area (Å²) >= 11 is 5.99. The first-order valence-corrected chi connectivity index (χ1v) is 12.8. The molecule has 8 heteroatoms. The Balaban J connectivity index is 1.74. The van der Waals surface area contributed by atoms with E-state index in [0.29, 0.717) is 34.8 Å². The van der Waals surface area contributed by atoms with Gasteiger partial charge < -0.3 is 10.6 Å². The second-order valence-corrected chi connectivity index (χ2v) is 10.7. The Bertz CT molecular complexity index is 1490. The average molecular weight is 530 g/mol. The van der Waals surface area contributed by atoms with E-state index in [-0.39, 0.29) is 17.2 Å². The first-order chi connectivity index (χ1) is 18.0. The average Bonchev–Trinajstić information content (AvgIpc) is 3.24. The normalized spacial score (nSPS) is 12.2. The molecule has 0 aliphatic carbocycles. The van der Waals surface area contributed by atoms with E-state index in [9.17, 15) is 9.59 Å². The number of anilines is 2. The molecule has 0 aliphatic rings. The van der Waals surface area contributed by atoms with Gasteiger partial charge in [0.2, 0.25) is 11.9 Å². The zero-order valence-electron chi connectivity index (χ0n) is 22.0. The standard InChI is InChI=1S/C30H32ClN5O2/c1-6-27(37)33-23-8-7-9-24(17-23)36-26-15-10-20(18-32-19(2)30(3,4)5)16-25(26)34-29(36)35-28(38)21-11-13-22(31)14-12-21/h6-17,19,32H,1,18H2,2-5H3,(H,33,37)(H,34,35,38)/t19-/m0/s1. The van der Waals surface area contributed by atoms with Crippen LogP contribution in [-0.4, -0.2) is 27.4 Å². The Kier molecular flexibility index (Phi) is 7.99. The lowest BCUT2D eigenvalue weighted by molar-refractivity contribution is -0.111. The van der Waals surface area contributed by atoms with Gasteiger partial charge in [0.25, 0.3) is 5.91 Å². The summed E-state index contributed by atoms with van der Waals surface area (Å²) in [7, 11) is 0. The van der Waals surface area contributed by atoms with E-state index in [4.69, 9.17) is 16.6 Å². The zero-order chi connectivity index (χ0) is 27.4. The van der Waals surface area contributed by atoms with Crippen molar-refractivity contribution in [1.82, 2.24) is 14.9 Å². The second kappa shape index (κ2) is 11.2. The minimum Gasteiger partial charge on any atom is -0.322 e. The fraction of sp³-hybridized carbons (Fsp3) is 0.233. The van der Waals surface area contributed by atoms with Crippen molar-refractivity contribution in [2.75, 3.05) is 10.6 Å². The molecule has 0 saturated heterocycles. The molecular weight excluding hydrogens is 498 g/mol. The number of nitrogens with zero attached hydrogens (tertiary/aromatic N) is 2. The molecule has 4 rings (SSSR count). The zero-order valence-corrected chi connectivity index (χ0v) is 22.8. The van der Waals surface area contributed by atoms with E-state index in [2.05, 4.69) is 56.3 Å². The summed E-state index contributed by atoms with van der Waals surface area (Å²) in [6, 6.07) is 20.4. The molecule has 0 saturated carbocycles. The molecule has 4 aromatic rings. The lowest BCUT2D eigenvalue weighted by atomic mass is 9.88. The molecular formula is C30H32ClN5O2. The van der Waals surface area contributed by atoms with Crippen molar-refractivity contribution in [3.63, 3.8) is 0 Å². The van der Waals surface area contributed by atoms with Crippen molar-refractivity contribution in [2.45, 2.75) is 40.3 Å². The Morgan fingerprint density at radius 1 is 1.05 bits per heavy atom. The van der Waals surface area contributed by atoms with E-state index in [1.165, 1.54) is 6.08 Å². The molecule has 0 spiro atoms. The van der Waals surface area contributed by atoms with Crippen LogP contribution in [0.5, 0.6) is 0 Å². The van der Waals surface area contributed by atoms with Gasteiger partial charge in [-0.15, -0.1) is 0 Å². The van der Waals surface area contributed by atoms with Crippen LogP contribution in [0.1, 0.15) is 43.6 Å². The maximum atomic E-state index is 13.1. The first-order valence-electron chi connectivity index (χ1n) is 12.4. The van der Waals surface area contributed by atoms with Gasteiger partial charge in [-0.2, -0.15) is 0 Å². The van der Waals surface area contributed by atoms with Crippen molar-refractivity contribution >= 4 is 46.1 Å². The number of nitrogens with one attached hydrogen (secondary N) is 3. The Morgan fingerprint density at radius 3 is 2.47 bits per heavy atom. The van der Waals surface area contributed by atoms with Crippen molar-refractivity contribution in [1.29, 1.82) is 0 Å². The van der Waals surface area contributed by atoms with Gasteiger partial charge in [0.15, 0.2) is 0 Å². The Morgan fingerprint density at radius 2 is 1.79 bits per heavy atom. The molecule has 0 radical (unpaired) electrons. The van der Waals surface area contributed by atoms with Gasteiger partial charge in [0.05, 0.1) is 16.7 Å². The molecule has 1 aromatic heterocycles. The monoisotopic (exact) mass is 529 g/mol. The van der Waals surface area contributed by atoms with Gasteiger partial charge in [-0.05, 0) is 78.6 Å². The van der Waals surface area contributed by atoms with Gasteiger partial charge in [0, 0.05) is 28.9 Å². The van der Waals surface area contributed by atoms with Gasteiger partial charge in [0.1, 0.15) is 0 Å². The Labute approximate surface area is 227 Å². The first kappa shape index (κ1) is 27.1. The van der Waals surface area contributed by atoms with E-state index >= 15 is 0 Å². The van der Waals surface area contributed by atoms with E-state index < -0.39 is 0 Å². The number of halogens is 1. The van der Waals surface area contributed by atoms with Crippen LogP contribution >= 0.6 is 11.6 Å². The molecule has 7 nitrogen and oxygen atoms in total. The lowest BCUT2D eigenvalue weighted by Gasteiger charge is -2.28. The third-order valence-electron chi connectivity index (χ3n) is 6.52. The van der Waals surface area contributed by atoms with Crippen molar-refractivity contribution in [3.8, 4) is 5.69 Å². The second-order valence-electron chi connectivity index (χ2n) is 10.3. The summed E-state index contributed by atoms with van der Waals surface area (Å²) < 4.78 is 1.86. The number of carbonyl (C=O) groups is 2. The van der Waals surface area contributed by atoms with Gasteiger partial charge >= 0.3 is 0 Å². The van der Waals surface area contributed by atoms with Crippen molar-refractivity contribution < 1.29 is 9.59 Å². The quantitative estimate of drug-likeness (QED) is 0.225. The summed E-state index contributed by atoms with van der Waals surface area (Å²) in [6.45, 7) is 13.0. The summed E-state index contributed by atoms with van der Waals surface area (Å²) in [5.41, 5.74) is 4.56. The van der Waals surface area contributed by atoms with Crippen LogP contribution in [0.15, 0.2) is 79.4 Å². The number of benzene rings is 3. The van der Waals surface area contributed by atoms with Crippen LogP contribution < -0.4 is 16.0 Å². The smallest absolute Gasteiger partial charge is 0.257 e. The Hall–Kier alpha value is -3.94.